The van der Waals surface area contributed by atoms with Crippen LogP contribution in [0, 0.1) is 12.7 Å². The largest absolute Gasteiger partial charge is 0.496 e. The Morgan fingerprint density at radius 2 is 2.00 bits per heavy atom. The van der Waals surface area contributed by atoms with Gasteiger partial charge < -0.3 is 9.84 Å². The molecule has 2 nitrogen and oxygen atoms in total. The molecular formula is C11H14BrFO2. The maximum atomic E-state index is 13.5. The summed E-state index contributed by atoms with van der Waals surface area (Å²) in [5, 5.41) is 9.92. The van der Waals surface area contributed by atoms with Crippen LogP contribution in [0.2, 0.25) is 0 Å². The molecule has 0 heterocycles. The molecule has 0 aliphatic heterocycles. The SMILES string of the molecule is COc1c(C(C)(C)O)cc(Br)c(F)c1C. The minimum absolute atomic E-state index is 0.331. The summed E-state index contributed by atoms with van der Waals surface area (Å²) < 4.78 is 19.0. The molecule has 0 fully saturated rings. The highest BCUT2D eigenvalue weighted by molar-refractivity contribution is 9.10. The van der Waals surface area contributed by atoms with Crippen molar-refractivity contribution in [1.29, 1.82) is 0 Å². The molecule has 1 N–H and O–H groups in total. The number of aliphatic hydroxyl groups is 1. The number of hydrogen-bond acceptors (Lipinski definition) is 2. The van der Waals surface area contributed by atoms with Crippen molar-refractivity contribution in [1.82, 2.24) is 0 Å². The molecule has 0 bridgehead atoms. The lowest BCUT2D eigenvalue weighted by Crippen LogP contribution is -2.18. The van der Waals surface area contributed by atoms with Gasteiger partial charge in [0.1, 0.15) is 11.6 Å². The lowest BCUT2D eigenvalue weighted by molar-refractivity contribution is 0.0753. The highest BCUT2D eigenvalue weighted by Crippen LogP contribution is 2.37. The van der Waals surface area contributed by atoms with Gasteiger partial charge in [-0.05, 0) is 42.8 Å². The molecule has 0 saturated heterocycles. The van der Waals surface area contributed by atoms with Gasteiger partial charge in [0.15, 0.2) is 0 Å². The van der Waals surface area contributed by atoms with Gasteiger partial charge in [0.05, 0.1) is 17.2 Å². The van der Waals surface area contributed by atoms with E-state index >= 15 is 0 Å². The Bertz CT molecular complexity index is 383. The van der Waals surface area contributed by atoms with Gasteiger partial charge in [-0.15, -0.1) is 0 Å². The Morgan fingerprint density at radius 1 is 1.47 bits per heavy atom. The van der Waals surface area contributed by atoms with Crippen molar-refractivity contribution in [2.45, 2.75) is 26.4 Å². The summed E-state index contributed by atoms with van der Waals surface area (Å²) in [6.07, 6.45) is 0. The second-order valence-corrected chi connectivity index (χ2v) is 4.79. The van der Waals surface area contributed by atoms with E-state index in [-0.39, 0.29) is 5.82 Å². The first-order chi connectivity index (χ1) is 6.79. The van der Waals surface area contributed by atoms with Crippen molar-refractivity contribution in [2.75, 3.05) is 7.11 Å². The summed E-state index contributed by atoms with van der Waals surface area (Å²) in [6, 6.07) is 1.54. The first kappa shape index (κ1) is 12.5. The lowest BCUT2D eigenvalue weighted by Gasteiger charge is -2.23. The van der Waals surface area contributed by atoms with Crippen LogP contribution >= 0.6 is 15.9 Å². The van der Waals surface area contributed by atoms with Crippen LogP contribution in [0.3, 0.4) is 0 Å². The summed E-state index contributed by atoms with van der Waals surface area (Å²) in [5.41, 5.74) is -0.105. The lowest BCUT2D eigenvalue weighted by atomic mass is 9.95. The predicted octanol–water partition coefficient (Wildman–Crippen LogP) is 3.13. The molecule has 0 radical (unpaired) electrons. The van der Waals surface area contributed by atoms with Crippen molar-refractivity contribution in [3.05, 3.63) is 27.5 Å². The summed E-state index contributed by atoms with van der Waals surface area (Å²) >= 11 is 3.11. The standard InChI is InChI=1S/C11H14BrFO2/c1-6-9(13)8(12)5-7(10(6)15-4)11(2,3)14/h5,14H,1-4H3. The van der Waals surface area contributed by atoms with Gasteiger partial charge in [-0.25, -0.2) is 4.39 Å². The van der Waals surface area contributed by atoms with Gasteiger partial charge in [-0.3, -0.25) is 0 Å². The molecular weight excluding hydrogens is 263 g/mol. The van der Waals surface area contributed by atoms with E-state index in [1.165, 1.54) is 7.11 Å². The molecule has 0 unspecified atom stereocenters. The maximum Gasteiger partial charge on any atom is 0.143 e. The number of rotatable bonds is 2. The average Bonchev–Trinajstić information content (AvgIpc) is 2.12. The van der Waals surface area contributed by atoms with E-state index in [4.69, 9.17) is 4.74 Å². The minimum Gasteiger partial charge on any atom is -0.496 e. The van der Waals surface area contributed by atoms with Crippen LogP contribution in [0.1, 0.15) is 25.0 Å². The van der Waals surface area contributed by atoms with Crippen molar-refractivity contribution in [3.8, 4) is 5.75 Å². The number of hydrogen-bond donors (Lipinski definition) is 1. The van der Waals surface area contributed by atoms with Crippen LogP contribution in [0.25, 0.3) is 0 Å². The van der Waals surface area contributed by atoms with Gasteiger partial charge in [0.2, 0.25) is 0 Å². The molecule has 0 atom stereocenters. The Kier molecular flexibility index (Phi) is 3.41. The zero-order valence-corrected chi connectivity index (χ0v) is 10.8. The molecule has 0 amide bonds. The van der Waals surface area contributed by atoms with Gasteiger partial charge in [-0.2, -0.15) is 0 Å². The van der Waals surface area contributed by atoms with Gasteiger partial charge in [0.25, 0.3) is 0 Å². The van der Waals surface area contributed by atoms with Gasteiger partial charge >= 0.3 is 0 Å². The number of ether oxygens (including phenoxy) is 1. The first-order valence-electron chi connectivity index (χ1n) is 4.54. The van der Waals surface area contributed by atoms with Crippen molar-refractivity contribution in [3.63, 3.8) is 0 Å². The number of halogens is 2. The highest BCUT2D eigenvalue weighted by atomic mass is 79.9. The van der Waals surface area contributed by atoms with Crippen LogP contribution in [0.15, 0.2) is 10.5 Å². The van der Waals surface area contributed by atoms with E-state index in [1.807, 2.05) is 0 Å². The van der Waals surface area contributed by atoms with Crippen molar-refractivity contribution >= 4 is 15.9 Å². The third kappa shape index (κ3) is 2.32. The fraction of sp³-hybridized carbons (Fsp3) is 0.455. The number of methoxy groups -OCH3 is 1. The predicted molar refractivity (Wildman–Crippen MR) is 60.6 cm³/mol. The topological polar surface area (TPSA) is 29.5 Å². The Labute approximate surface area is 97.2 Å². The zero-order valence-electron chi connectivity index (χ0n) is 9.19. The minimum atomic E-state index is -1.06. The second-order valence-electron chi connectivity index (χ2n) is 3.94. The second kappa shape index (κ2) is 4.10. The Balaban J connectivity index is 3.53. The molecule has 1 aromatic rings. The fourth-order valence-corrected chi connectivity index (χ4v) is 1.98. The van der Waals surface area contributed by atoms with E-state index in [1.54, 1.807) is 26.8 Å². The zero-order chi connectivity index (χ0) is 11.8. The first-order valence-corrected chi connectivity index (χ1v) is 5.33. The smallest absolute Gasteiger partial charge is 0.143 e. The fourth-order valence-electron chi connectivity index (χ4n) is 1.45. The van der Waals surface area contributed by atoms with Crippen LogP contribution < -0.4 is 4.74 Å². The summed E-state index contributed by atoms with van der Waals surface area (Å²) in [4.78, 5) is 0. The summed E-state index contributed by atoms with van der Waals surface area (Å²) in [5.74, 6) is 0.0306. The molecule has 84 valence electrons. The van der Waals surface area contributed by atoms with E-state index in [0.29, 0.717) is 21.3 Å². The molecule has 15 heavy (non-hydrogen) atoms. The van der Waals surface area contributed by atoms with E-state index in [2.05, 4.69) is 15.9 Å². The molecule has 0 saturated carbocycles. The van der Waals surface area contributed by atoms with E-state index in [9.17, 15) is 9.50 Å². The van der Waals surface area contributed by atoms with Crippen LogP contribution in [-0.2, 0) is 5.60 Å². The van der Waals surface area contributed by atoms with Crippen LogP contribution in [-0.4, -0.2) is 12.2 Å². The molecule has 0 aliphatic rings. The van der Waals surface area contributed by atoms with E-state index in [0.717, 1.165) is 0 Å². The molecule has 0 aliphatic carbocycles. The summed E-state index contributed by atoms with van der Waals surface area (Å²) in [7, 11) is 1.46. The van der Waals surface area contributed by atoms with Crippen LogP contribution in [0.5, 0.6) is 5.75 Å². The summed E-state index contributed by atoms with van der Waals surface area (Å²) in [6.45, 7) is 4.89. The quantitative estimate of drug-likeness (QED) is 0.899. The van der Waals surface area contributed by atoms with Crippen molar-refractivity contribution < 1.29 is 14.2 Å². The van der Waals surface area contributed by atoms with Gasteiger partial charge in [0, 0.05) is 11.1 Å². The molecule has 1 aromatic carbocycles. The van der Waals surface area contributed by atoms with Gasteiger partial charge in [-0.1, -0.05) is 0 Å². The highest BCUT2D eigenvalue weighted by Gasteiger charge is 2.25. The molecule has 0 spiro atoms. The maximum absolute atomic E-state index is 13.5. The molecule has 1 rings (SSSR count). The average molecular weight is 277 g/mol. The monoisotopic (exact) mass is 276 g/mol. The molecule has 0 aromatic heterocycles. The van der Waals surface area contributed by atoms with Crippen LogP contribution in [0.4, 0.5) is 4.39 Å². The Hall–Kier alpha value is -0.610. The van der Waals surface area contributed by atoms with Crippen molar-refractivity contribution in [2.24, 2.45) is 0 Å². The Morgan fingerprint density at radius 3 is 2.40 bits per heavy atom. The normalized spacial score (nSPS) is 11.7. The third-order valence-corrected chi connectivity index (χ3v) is 2.84. The van der Waals surface area contributed by atoms with E-state index < -0.39 is 5.60 Å². The molecule has 4 heteroatoms. The number of benzene rings is 1. The third-order valence-electron chi connectivity index (χ3n) is 2.26.